The smallest absolute Gasteiger partial charge is 0.339 e. The summed E-state index contributed by atoms with van der Waals surface area (Å²) in [5.41, 5.74) is 0.702. The van der Waals surface area contributed by atoms with Gasteiger partial charge in [0.05, 0.1) is 5.69 Å². The van der Waals surface area contributed by atoms with E-state index in [-0.39, 0.29) is 22.9 Å². The molecule has 4 N–H and O–H groups in total. The Labute approximate surface area is 123 Å². The van der Waals surface area contributed by atoms with Gasteiger partial charge in [-0.15, -0.1) is 11.3 Å². The summed E-state index contributed by atoms with van der Waals surface area (Å²) in [7, 11) is 0. The minimum atomic E-state index is -1.14. The van der Waals surface area contributed by atoms with Crippen molar-refractivity contribution in [3.05, 3.63) is 28.5 Å². The minimum Gasteiger partial charge on any atom is -0.478 e. The van der Waals surface area contributed by atoms with Crippen molar-refractivity contribution in [2.75, 3.05) is 10.6 Å². The predicted molar refractivity (Wildman–Crippen MR) is 76.9 cm³/mol. The second kappa shape index (κ2) is 5.75. The van der Waals surface area contributed by atoms with Crippen molar-refractivity contribution < 1.29 is 19.5 Å². The fraction of sp³-hybridized carbons (Fsp3) is 0.167. The zero-order valence-corrected chi connectivity index (χ0v) is 12.0. The number of carboxylic acids is 1. The lowest BCUT2D eigenvalue weighted by Crippen LogP contribution is -2.15. The number of carbonyl (C=O) groups is 3. The van der Waals surface area contributed by atoms with Gasteiger partial charge < -0.3 is 20.7 Å². The van der Waals surface area contributed by atoms with Crippen molar-refractivity contribution in [3.63, 3.8) is 0 Å². The number of nitrogens with one attached hydrogen (secondary N) is 3. The van der Waals surface area contributed by atoms with Crippen LogP contribution in [0, 0.1) is 6.92 Å². The minimum absolute atomic E-state index is 0.000615. The van der Waals surface area contributed by atoms with Gasteiger partial charge in [0.1, 0.15) is 11.3 Å². The number of H-pyrrole nitrogens is 1. The number of aromatic amines is 1. The molecule has 0 atom stereocenters. The molecule has 0 fully saturated rings. The van der Waals surface area contributed by atoms with Crippen LogP contribution in [-0.2, 0) is 4.79 Å². The van der Waals surface area contributed by atoms with E-state index in [0.29, 0.717) is 10.8 Å². The molecule has 9 heteroatoms. The summed E-state index contributed by atoms with van der Waals surface area (Å²) in [5.74, 6) is -1.98. The highest BCUT2D eigenvalue weighted by Gasteiger charge is 2.19. The van der Waals surface area contributed by atoms with Crippen molar-refractivity contribution in [3.8, 4) is 0 Å². The summed E-state index contributed by atoms with van der Waals surface area (Å²) < 4.78 is 0. The number of anilines is 2. The number of rotatable bonds is 4. The molecule has 2 aromatic rings. The molecule has 2 heterocycles. The molecule has 0 aliphatic carbocycles. The monoisotopic (exact) mass is 308 g/mol. The summed E-state index contributed by atoms with van der Waals surface area (Å²) >= 11 is 1.10. The van der Waals surface area contributed by atoms with Gasteiger partial charge in [0, 0.05) is 24.2 Å². The molecule has 2 aromatic heterocycles. The lowest BCUT2D eigenvalue weighted by atomic mass is 10.2. The van der Waals surface area contributed by atoms with E-state index >= 15 is 0 Å². The number of hydrogen-bond donors (Lipinski definition) is 4. The molecule has 0 saturated heterocycles. The lowest BCUT2D eigenvalue weighted by molar-refractivity contribution is -0.114. The molecule has 0 radical (unpaired) electrons. The third kappa shape index (κ3) is 3.26. The van der Waals surface area contributed by atoms with Crippen LogP contribution in [0.3, 0.4) is 0 Å². The first-order chi connectivity index (χ1) is 9.88. The van der Waals surface area contributed by atoms with Crippen molar-refractivity contribution in [1.82, 2.24) is 9.97 Å². The SMILES string of the molecule is CC(=O)Nc1nc(C(=O)Nc2c[nH]c(C)c2C(=O)O)cs1. The van der Waals surface area contributed by atoms with E-state index in [4.69, 9.17) is 5.11 Å². The molecule has 0 saturated carbocycles. The van der Waals surface area contributed by atoms with E-state index in [1.165, 1.54) is 18.5 Å². The van der Waals surface area contributed by atoms with Gasteiger partial charge in [-0.3, -0.25) is 9.59 Å². The molecule has 2 amide bonds. The van der Waals surface area contributed by atoms with Gasteiger partial charge in [-0.25, -0.2) is 9.78 Å². The van der Waals surface area contributed by atoms with Gasteiger partial charge in [-0.1, -0.05) is 0 Å². The second-order valence-corrected chi connectivity index (χ2v) is 5.04. The summed E-state index contributed by atoms with van der Waals surface area (Å²) in [4.78, 5) is 40.7. The fourth-order valence-electron chi connectivity index (χ4n) is 1.67. The topological polar surface area (TPSA) is 124 Å². The number of aromatic carboxylic acids is 1. The van der Waals surface area contributed by atoms with E-state index in [0.717, 1.165) is 11.3 Å². The molecule has 2 rings (SSSR count). The Balaban J connectivity index is 2.17. The first-order valence-corrected chi connectivity index (χ1v) is 6.72. The standard InChI is InChI=1S/C12H12N4O4S/c1-5-9(11(19)20)7(3-13-5)15-10(18)8-4-21-12(16-8)14-6(2)17/h3-4,13H,1-2H3,(H,15,18)(H,19,20)(H,14,16,17). The average Bonchev–Trinajstić information content (AvgIpc) is 2.95. The zero-order valence-electron chi connectivity index (χ0n) is 11.2. The van der Waals surface area contributed by atoms with Crippen molar-refractivity contribution in [2.24, 2.45) is 0 Å². The van der Waals surface area contributed by atoms with Gasteiger partial charge in [0.15, 0.2) is 5.13 Å². The normalized spacial score (nSPS) is 10.2. The summed E-state index contributed by atoms with van der Waals surface area (Å²) in [6, 6.07) is 0. The van der Waals surface area contributed by atoms with Crippen molar-refractivity contribution >= 4 is 39.9 Å². The molecular weight excluding hydrogens is 296 g/mol. The number of aryl methyl sites for hydroxylation is 1. The maximum Gasteiger partial charge on any atom is 0.339 e. The quantitative estimate of drug-likeness (QED) is 0.684. The van der Waals surface area contributed by atoms with Crippen LogP contribution in [0.1, 0.15) is 33.5 Å². The highest BCUT2D eigenvalue weighted by atomic mass is 32.1. The van der Waals surface area contributed by atoms with Crippen LogP contribution in [0.4, 0.5) is 10.8 Å². The van der Waals surface area contributed by atoms with E-state index in [1.54, 1.807) is 6.92 Å². The molecule has 110 valence electrons. The molecule has 0 spiro atoms. The van der Waals surface area contributed by atoms with E-state index < -0.39 is 11.9 Å². The Kier molecular flexibility index (Phi) is 4.03. The molecule has 21 heavy (non-hydrogen) atoms. The van der Waals surface area contributed by atoms with Gasteiger partial charge in [-0.05, 0) is 6.92 Å². The second-order valence-electron chi connectivity index (χ2n) is 4.18. The first kappa shape index (κ1) is 14.7. The lowest BCUT2D eigenvalue weighted by Gasteiger charge is -2.02. The average molecular weight is 308 g/mol. The molecule has 8 nitrogen and oxygen atoms in total. The number of amides is 2. The van der Waals surface area contributed by atoms with E-state index in [2.05, 4.69) is 20.6 Å². The molecular formula is C12H12N4O4S. The van der Waals surface area contributed by atoms with E-state index in [9.17, 15) is 14.4 Å². The Bertz CT molecular complexity index is 719. The number of hydrogen-bond acceptors (Lipinski definition) is 5. The van der Waals surface area contributed by atoms with Gasteiger partial charge in [0.25, 0.3) is 5.91 Å². The molecule has 0 aliphatic heterocycles. The van der Waals surface area contributed by atoms with Crippen LogP contribution in [-0.4, -0.2) is 32.9 Å². The van der Waals surface area contributed by atoms with Crippen LogP contribution in [0.2, 0.25) is 0 Å². The maximum absolute atomic E-state index is 12.0. The molecule has 0 aromatic carbocycles. The fourth-order valence-corrected chi connectivity index (χ4v) is 2.41. The number of carbonyl (C=O) groups excluding carboxylic acids is 2. The highest BCUT2D eigenvalue weighted by molar-refractivity contribution is 7.14. The number of thiazole rings is 1. The summed E-state index contributed by atoms with van der Waals surface area (Å²) in [6.07, 6.45) is 1.40. The van der Waals surface area contributed by atoms with Crippen LogP contribution < -0.4 is 10.6 Å². The Morgan fingerprint density at radius 2 is 2.05 bits per heavy atom. The van der Waals surface area contributed by atoms with Gasteiger partial charge in [0.2, 0.25) is 5.91 Å². The van der Waals surface area contributed by atoms with Gasteiger partial charge >= 0.3 is 5.97 Å². The molecule has 0 unspecified atom stereocenters. The number of nitrogens with zero attached hydrogens (tertiary/aromatic N) is 1. The summed E-state index contributed by atoms with van der Waals surface area (Å²) in [5, 5.41) is 15.8. The Morgan fingerprint density at radius 3 is 2.67 bits per heavy atom. The van der Waals surface area contributed by atoms with Crippen LogP contribution in [0.15, 0.2) is 11.6 Å². The molecule has 0 aliphatic rings. The number of carboxylic acid groups (broad SMARTS) is 1. The van der Waals surface area contributed by atoms with Crippen LogP contribution in [0.25, 0.3) is 0 Å². The number of aromatic nitrogens is 2. The van der Waals surface area contributed by atoms with Crippen molar-refractivity contribution in [2.45, 2.75) is 13.8 Å². The zero-order chi connectivity index (χ0) is 15.6. The Hall–Kier alpha value is -2.68. The van der Waals surface area contributed by atoms with E-state index in [1.807, 2.05) is 0 Å². The Morgan fingerprint density at radius 1 is 1.33 bits per heavy atom. The third-order valence-corrected chi connectivity index (χ3v) is 3.32. The maximum atomic E-state index is 12.0. The van der Waals surface area contributed by atoms with Crippen LogP contribution in [0.5, 0.6) is 0 Å². The van der Waals surface area contributed by atoms with Crippen LogP contribution >= 0.6 is 11.3 Å². The summed E-state index contributed by atoms with van der Waals surface area (Å²) in [6.45, 7) is 2.93. The largest absolute Gasteiger partial charge is 0.478 e. The highest BCUT2D eigenvalue weighted by Crippen LogP contribution is 2.21. The third-order valence-electron chi connectivity index (χ3n) is 2.56. The van der Waals surface area contributed by atoms with Gasteiger partial charge in [-0.2, -0.15) is 0 Å². The first-order valence-electron chi connectivity index (χ1n) is 5.84. The van der Waals surface area contributed by atoms with Crippen molar-refractivity contribution in [1.29, 1.82) is 0 Å². The predicted octanol–water partition coefficient (Wildman–Crippen LogP) is 1.69. The molecule has 0 bridgehead atoms.